The Labute approximate surface area is 96.0 Å². The van der Waals surface area contributed by atoms with Gasteiger partial charge in [0.1, 0.15) is 24.4 Å². The zero-order chi connectivity index (χ0) is 12.4. The highest BCUT2D eigenvalue weighted by Crippen LogP contribution is 2.19. The third kappa shape index (κ3) is 2.16. The summed E-state index contributed by atoms with van der Waals surface area (Å²) in [6.07, 6.45) is 2.88. The molecule has 2 aromatic rings. The molecule has 0 saturated heterocycles. The van der Waals surface area contributed by atoms with Gasteiger partial charge in [-0.05, 0) is 0 Å². The van der Waals surface area contributed by atoms with Crippen molar-refractivity contribution in [3.63, 3.8) is 0 Å². The molecule has 2 aromatic heterocycles. The second-order valence-corrected chi connectivity index (χ2v) is 3.44. The summed E-state index contributed by atoms with van der Waals surface area (Å²) in [5, 5.41) is 13.2. The number of ether oxygens (including phenoxy) is 1. The van der Waals surface area contributed by atoms with E-state index >= 15 is 0 Å². The number of aliphatic carboxylic acids is 1. The van der Waals surface area contributed by atoms with E-state index in [1.54, 1.807) is 17.9 Å². The fraction of sp³-hybridized carbons (Fsp3) is 0.333. The molecule has 0 aliphatic rings. The molecule has 8 heteroatoms. The molecule has 2 rings (SSSR count). The molecule has 0 fully saturated rings. The largest absolute Gasteiger partial charge is 0.480 e. The first-order chi connectivity index (χ1) is 8.09. The van der Waals surface area contributed by atoms with Crippen molar-refractivity contribution in [3.8, 4) is 5.88 Å². The molecule has 0 aromatic carbocycles. The van der Waals surface area contributed by atoms with Crippen molar-refractivity contribution in [3.05, 3.63) is 12.5 Å². The van der Waals surface area contributed by atoms with Gasteiger partial charge in [-0.1, -0.05) is 0 Å². The maximum atomic E-state index is 10.5. The maximum absolute atomic E-state index is 10.5. The number of carboxylic acid groups (broad SMARTS) is 1. The minimum Gasteiger partial charge on any atom is -0.480 e. The Morgan fingerprint density at radius 2 is 2.41 bits per heavy atom. The Kier molecular flexibility index (Phi) is 2.88. The third-order valence-corrected chi connectivity index (χ3v) is 2.21. The van der Waals surface area contributed by atoms with Crippen LogP contribution in [0.3, 0.4) is 0 Å². The molecule has 0 spiro atoms. The number of carboxylic acids is 1. The lowest BCUT2D eigenvalue weighted by molar-refractivity contribution is -0.139. The molecule has 0 saturated carbocycles. The summed E-state index contributed by atoms with van der Waals surface area (Å²) in [6.45, 7) is -0.156. The van der Waals surface area contributed by atoms with Crippen LogP contribution in [0.15, 0.2) is 12.5 Å². The number of nitrogens with zero attached hydrogens (tertiary/aromatic N) is 4. The van der Waals surface area contributed by atoms with E-state index in [1.165, 1.54) is 6.33 Å². The SMILES string of the molecule is Cn1ncc2c(OCC(N)C(=O)O)ncnc21. The van der Waals surface area contributed by atoms with Crippen LogP contribution < -0.4 is 10.5 Å². The highest BCUT2D eigenvalue weighted by molar-refractivity contribution is 5.79. The van der Waals surface area contributed by atoms with Gasteiger partial charge in [0.2, 0.25) is 5.88 Å². The normalized spacial score (nSPS) is 12.6. The van der Waals surface area contributed by atoms with Gasteiger partial charge >= 0.3 is 5.97 Å². The van der Waals surface area contributed by atoms with E-state index in [1.807, 2.05) is 0 Å². The van der Waals surface area contributed by atoms with Gasteiger partial charge in [0, 0.05) is 7.05 Å². The van der Waals surface area contributed by atoms with E-state index in [-0.39, 0.29) is 12.5 Å². The number of aryl methyl sites for hydroxylation is 1. The van der Waals surface area contributed by atoms with Gasteiger partial charge in [-0.2, -0.15) is 5.10 Å². The van der Waals surface area contributed by atoms with Crippen LogP contribution in [-0.4, -0.2) is 43.5 Å². The second-order valence-electron chi connectivity index (χ2n) is 3.44. The predicted octanol–water partition coefficient (Wildman–Crippen LogP) is -0.846. The van der Waals surface area contributed by atoms with Crippen LogP contribution >= 0.6 is 0 Å². The molecule has 3 N–H and O–H groups in total. The lowest BCUT2D eigenvalue weighted by Gasteiger charge is -2.08. The zero-order valence-corrected chi connectivity index (χ0v) is 9.07. The molecule has 2 heterocycles. The standard InChI is InChI=1S/C9H11N5O3/c1-14-7-5(2-13-14)8(12-4-11-7)17-3-6(10)9(15)16/h2,4,6H,3,10H2,1H3,(H,15,16). The highest BCUT2D eigenvalue weighted by Gasteiger charge is 2.14. The molecule has 0 amide bonds. The Morgan fingerprint density at radius 3 is 3.12 bits per heavy atom. The molecule has 1 unspecified atom stereocenters. The van der Waals surface area contributed by atoms with Gasteiger partial charge in [-0.15, -0.1) is 0 Å². The van der Waals surface area contributed by atoms with Crippen molar-refractivity contribution in [2.45, 2.75) is 6.04 Å². The first-order valence-corrected chi connectivity index (χ1v) is 4.83. The average molecular weight is 237 g/mol. The monoisotopic (exact) mass is 237 g/mol. The number of aromatic nitrogens is 4. The maximum Gasteiger partial charge on any atom is 0.324 e. The zero-order valence-electron chi connectivity index (χ0n) is 9.07. The first kappa shape index (κ1) is 11.3. The van der Waals surface area contributed by atoms with E-state index in [9.17, 15) is 4.79 Å². The van der Waals surface area contributed by atoms with Crippen molar-refractivity contribution >= 4 is 17.0 Å². The van der Waals surface area contributed by atoms with Crippen LogP contribution in [0.1, 0.15) is 0 Å². The van der Waals surface area contributed by atoms with Gasteiger partial charge < -0.3 is 15.6 Å². The third-order valence-electron chi connectivity index (χ3n) is 2.21. The van der Waals surface area contributed by atoms with Gasteiger partial charge in [-0.25, -0.2) is 9.97 Å². The topological polar surface area (TPSA) is 116 Å². The lowest BCUT2D eigenvalue weighted by Crippen LogP contribution is -2.36. The second kappa shape index (κ2) is 4.34. The fourth-order valence-electron chi connectivity index (χ4n) is 1.30. The summed E-state index contributed by atoms with van der Waals surface area (Å²) in [5.41, 5.74) is 5.93. The van der Waals surface area contributed by atoms with Crippen LogP contribution in [0, 0.1) is 0 Å². The van der Waals surface area contributed by atoms with Crippen molar-refractivity contribution in [2.75, 3.05) is 6.61 Å². The van der Waals surface area contributed by atoms with Crippen molar-refractivity contribution in [1.82, 2.24) is 19.7 Å². The fourth-order valence-corrected chi connectivity index (χ4v) is 1.30. The van der Waals surface area contributed by atoms with E-state index < -0.39 is 12.0 Å². The first-order valence-electron chi connectivity index (χ1n) is 4.83. The van der Waals surface area contributed by atoms with E-state index in [2.05, 4.69) is 15.1 Å². The molecule has 1 atom stereocenters. The summed E-state index contributed by atoms with van der Waals surface area (Å²) in [6, 6.07) is -1.09. The smallest absolute Gasteiger partial charge is 0.324 e. The molecule has 17 heavy (non-hydrogen) atoms. The van der Waals surface area contributed by atoms with Gasteiger partial charge in [0.15, 0.2) is 5.65 Å². The van der Waals surface area contributed by atoms with E-state index in [4.69, 9.17) is 15.6 Å². The van der Waals surface area contributed by atoms with Crippen molar-refractivity contribution in [2.24, 2.45) is 12.8 Å². The highest BCUT2D eigenvalue weighted by atomic mass is 16.5. The van der Waals surface area contributed by atoms with Crippen LogP contribution in [0.2, 0.25) is 0 Å². The van der Waals surface area contributed by atoms with Crippen LogP contribution in [-0.2, 0) is 11.8 Å². The number of carbonyl (C=O) groups is 1. The molecule has 90 valence electrons. The van der Waals surface area contributed by atoms with E-state index in [0.29, 0.717) is 11.0 Å². The van der Waals surface area contributed by atoms with Gasteiger partial charge in [0.25, 0.3) is 0 Å². The molecule has 0 radical (unpaired) electrons. The predicted molar refractivity (Wildman–Crippen MR) is 57.4 cm³/mol. The molecule has 8 nitrogen and oxygen atoms in total. The molecule has 0 aliphatic carbocycles. The summed E-state index contributed by atoms with van der Waals surface area (Å²) in [7, 11) is 1.74. The Balaban J connectivity index is 2.21. The summed E-state index contributed by atoms with van der Waals surface area (Å²) < 4.78 is 6.82. The lowest BCUT2D eigenvalue weighted by atomic mass is 10.3. The van der Waals surface area contributed by atoms with E-state index in [0.717, 1.165) is 0 Å². The number of nitrogens with two attached hydrogens (primary N) is 1. The van der Waals surface area contributed by atoms with Gasteiger partial charge in [-0.3, -0.25) is 9.48 Å². The Morgan fingerprint density at radius 1 is 1.65 bits per heavy atom. The van der Waals surface area contributed by atoms with Gasteiger partial charge in [0.05, 0.1) is 6.20 Å². The molecule has 0 aliphatic heterocycles. The summed E-state index contributed by atoms with van der Waals surface area (Å²) >= 11 is 0. The van der Waals surface area contributed by atoms with Crippen LogP contribution in [0.5, 0.6) is 5.88 Å². The minimum atomic E-state index is -1.12. The summed E-state index contributed by atoms with van der Waals surface area (Å²) in [5.74, 6) is -0.846. The summed E-state index contributed by atoms with van der Waals surface area (Å²) in [4.78, 5) is 18.5. The minimum absolute atomic E-state index is 0.156. The molecule has 0 bridgehead atoms. The van der Waals surface area contributed by atoms with Crippen molar-refractivity contribution < 1.29 is 14.6 Å². The van der Waals surface area contributed by atoms with Crippen LogP contribution in [0.4, 0.5) is 0 Å². The average Bonchev–Trinajstić information content (AvgIpc) is 2.69. The van der Waals surface area contributed by atoms with Crippen LogP contribution in [0.25, 0.3) is 11.0 Å². The number of fused-ring (bicyclic) bond motifs is 1. The number of hydrogen-bond donors (Lipinski definition) is 2. The number of rotatable bonds is 4. The Hall–Kier alpha value is -2.22. The Bertz CT molecular complexity index is 553. The van der Waals surface area contributed by atoms with Crippen molar-refractivity contribution in [1.29, 1.82) is 0 Å². The quantitative estimate of drug-likeness (QED) is 0.711. The molecular formula is C9H11N5O3. The number of hydrogen-bond acceptors (Lipinski definition) is 6. The molecular weight excluding hydrogens is 226 g/mol.